The summed E-state index contributed by atoms with van der Waals surface area (Å²) in [5.41, 5.74) is 3.21. The van der Waals surface area contributed by atoms with Crippen molar-refractivity contribution in [2.45, 2.75) is 20.8 Å². The lowest BCUT2D eigenvalue weighted by molar-refractivity contribution is 0.0527. The number of aryl methyl sites for hydroxylation is 1. The molecule has 0 bridgehead atoms. The van der Waals surface area contributed by atoms with Gasteiger partial charge < -0.3 is 10.1 Å². The fraction of sp³-hybridized carbons (Fsp3) is 0.222. The molecule has 0 spiro atoms. The minimum atomic E-state index is -0.310. The zero-order chi connectivity index (χ0) is 18.0. The first-order valence-electron chi connectivity index (χ1n) is 7.75. The van der Waals surface area contributed by atoms with Crippen molar-refractivity contribution >= 4 is 50.4 Å². The lowest BCUT2D eigenvalue weighted by atomic mass is 10.1. The topological polar surface area (TPSA) is 51.2 Å². The van der Waals surface area contributed by atoms with Crippen LogP contribution in [0, 0.1) is 13.8 Å². The third-order valence-electron chi connectivity index (χ3n) is 3.74. The number of rotatable bonds is 5. The highest BCUT2D eigenvalue weighted by Gasteiger charge is 2.21. The predicted molar refractivity (Wildman–Crippen MR) is 106 cm³/mol. The van der Waals surface area contributed by atoms with Gasteiger partial charge in [0.05, 0.1) is 17.9 Å². The van der Waals surface area contributed by atoms with Crippen LogP contribution in [0.2, 0.25) is 5.02 Å². The van der Waals surface area contributed by atoms with Crippen molar-refractivity contribution in [2.75, 3.05) is 11.9 Å². The number of ether oxygens (including phenoxy) is 1. The van der Waals surface area contributed by atoms with Gasteiger partial charge in [0.15, 0.2) is 5.13 Å². The molecule has 3 rings (SSSR count). The molecule has 2 aromatic heterocycles. The number of hydrogen-bond donors (Lipinski definition) is 1. The van der Waals surface area contributed by atoms with Crippen molar-refractivity contribution in [1.29, 1.82) is 0 Å². The number of aromatic nitrogens is 1. The lowest BCUT2D eigenvalue weighted by Gasteiger charge is -2.05. The van der Waals surface area contributed by atoms with Crippen LogP contribution in [-0.2, 0) is 4.74 Å². The molecule has 0 aliphatic heterocycles. The Hall–Kier alpha value is -1.89. The summed E-state index contributed by atoms with van der Waals surface area (Å²) in [4.78, 5) is 17.9. The van der Waals surface area contributed by atoms with E-state index in [1.54, 1.807) is 6.92 Å². The Bertz CT molecular complexity index is 918. The second-order valence-corrected chi connectivity index (χ2v) is 7.84. The van der Waals surface area contributed by atoms with E-state index in [0.29, 0.717) is 22.3 Å². The van der Waals surface area contributed by atoms with Gasteiger partial charge in [0, 0.05) is 20.8 Å². The van der Waals surface area contributed by atoms with Crippen LogP contribution in [0.4, 0.5) is 10.1 Å². The molecule has 4 nitrogen and oxygen atoms in total. The summed E-state index contributed by atoms with van der Waals surface area (Å²) in [6, 6.07) is 7.59. The highest BCUT2D eigenvalue weighted by atomic mass is 35.5. The van der Waals surface area contributed by atoms with E-state index >= 15 is 0 Å². The monoisotopic (exact) mass is 392 g/mol. The van der Waals surface area contributed by atoms with E-state index < -0.39 is 0 Å². The molecule has 0 atom stereocenters. The molecule has 0 amide bonds. The molecule has 0 fully saturated rings. The van der Waals surface area contributed by atoms with Gasteiger partial charge in [-0.15, -0.1) is 22.7 Å². The molecule has 0 saturated carbocycles. The zero-order valence-corrected chi connectivity index (χ0v) is 16.4. The highest BCUT2D eigenvalue weighted by Crippen LogP contribution is 2.37. The Morgan fingerprint density at radius 2 is 2.08 bits per heavy atom. The molecule has 1 N–H and O–H groups in total. The van der Waals surface area contributed by atoms with Crippen LogP contribution < -0.4 is 5.32 Å². The van der Waals surface area contributed by atoms with E-state index in [2.05, 4.69) is 10.3 Å². The van der Waals surface area contributed by atoms with E-state index in [1.165, 1.54) is 22.7 Å². The summed E-state index contributed by atoms with van der Waals surface area (Å²) < 4.78 is 5.18. The number of benzene rings is 1. The van der Waals surface area contributed by atoms with Crippen LogP contribution in [0.5, 0.6) is 0 Å². The number of esters is 1. The van der Waals surface area contributed by atoms with Gasteiger partial charge in [0.2, 0.25) is 0 Å². The molecular weight excluding hydrogens is 376 g/mol. The first kappa shape index (κ1) is 17.9. The van der Waals surface area contributed by atoms with Gasteiger partial charge >= 0.3 is 5.97 Å². The van der Waals surface area contributed by atoms with Gasteiger partial charge in [-0.2, -0.15) is 0 Å². The minimum Gasteiger partial charge on any atom is -0.462 e. The third kappa shape index (κ3) is 3.71. The van der Waals surface area contributed by atoms with Gasteiger partial charge in [-0.1, -0.05) is 29.8 Å². The number of anilines is 2. The normalized spacial score (nSPS) is 10.7. The Morgan fingerprint density at radius 3 is 2.80 bits per heavy atom. The lowest BCUT2D eigenvalue weighted by Crippen LogP contribution is -2.07. The highest BCUT2D eigenvalue weighted by molar-refractivity contribution is 7.18. The SMILES string of the molecule is CCOC(=O)c1c(Nc2nc(-c3ccccc3Cl)cs2)sc(C)c1C. The molecule has 3 aromatic rings. The van der Waals surface area contributed by atoms with Crippen molar-refractivity contribution in [1.82, 2.24) is 4.98 Å². The number of carbonyl (C=O) groups is 1. The van der Waals surface area contributed by atoms with Gasteiger partial charge in [-0.05, 0) is 32.4 Å². The Labute approximate surface area is 159 Å². The summed E-state index contributed by atoms with van der Waals surface area (Å²) >= 11 is 9.24. The molecule has 7 heteroatoms. The van der Waals surface area contributed by atoms with Gasteiger partial charge in [0.25, 0.3) is 0 Å². The van der Waals surface area contributed by atoms with Gasteiger partial charge in [-0.25, -0.2) is 9.78 Å². The minimum absolute atomic E-state index is 0.310. The Morgan fingerprint density at radius 1 is 1.32 bits per heavy atom. The Balaban J connectivity index is 1.90. The number of thiazole rings is 1. The molecule has 0 radical (unpaired) electrons. The molecule has 2 heterocycles. The van der Waals surface area contributed by atoms with Crippen molar-refractivity contribution in [3.8, 4) is 11.3 Å². The summed E-state index contributed by atoms with van der Waals surface area (Å²) in [5, 5.41) is 7.34. The molecular formula is C18H17ClN2O2S2. The van der Waals surface area contributed by atoms with Gasteiger partial charge in [0.1, 0.15) is 5.00 Å². The number of hydrogen-bond acceptors (Lipinski definition) is 6. The van der Waals surface area contributed by atoms with Crippen molar-refractivity contribution in [3.05, 3.63) is 50.7 Å². The second kappa shape index (κ2) is 7.56. The number of thiophene rings is 1. The van der Waals surface area contributed by atoms with E-state index in [-0.39, 0.29) is 5.97 Å². The zero-order valence-electron chi connectivity index (χ0n) is 14.1. The molecule has 0 unspecified atom stereocenters. The molecule has 130 valence electrons. The smallest absolute Gasteiger partial charge is 0.341 e. The molecule has 0 aliphatic rings. The number of halogens is 1. The van der Waals surface area contributed by atoms with Crippen molar-refractivity contribution in [2.24, 2.45) is 0 Å². The van der Waals surface area contributed by atoms with E-state index in [1.807, 2.05) is 43.5 Å². The van der Waals surface area contributed by atoms with E-state index in [4.69, 9.17) is 16.3 Å². The second-order valence-electron chi connectivity index (χ2n) is 5.35. The quantitative estimate of drug-likeness (QED) is 0.536. The van der Waals surface area contributed by atoms with Crippen LogP contribution in [-0.4, -0.2) is 17.6 Å². The van der Waals surface area contributed by atoms with E-state index in [9.17, 15) is 4.79 Å². The van der Waals surface area contributed by atoms with Crippen molar-refractivity contribution in [3.63, 3.8) is 0 Å². The van der Waals surface area contributed by atoms with Crippen LogP contribution >= 0.6 is 34.3 Å². The largest absolute Gasteiger partial charge is 0.462 e. The first-order chi connectivity index (χ1) is 12.0. The number of nitrogens with one attached hydrogen (secondary N) is 1. The average Bonchev–Trinajstić information content (AvgIpc) is 3.14. The van der Waals surface area contributed by atoms with Crippen LogP contribution in [0.25, 0.3) is 11.3 Å². The summed E-state index contributed by atoms with van der Waals surface area (Å²) in [6.45, 7) is 6.07. The first-order valence-corrected chi connectivity index (χ1v) is 9.83. The summed E-state index contributed by atoms with van der Waals surface area (Å²) in [5.74, 6) is -0.310. The number of carbonyl (C=O) groups excluding carboxylic acids is 1. The van der Waals surface area contributed by atoms with Gasteiger partial charge in [-0.3, -0.25) is 0 Å². The standard InChI is InChI=1S/C18H17ClN2O2S2/c1-4-23-17(22)15-10(2)11(3)25-16(15)21-18-20-14(9-24-18)12-7-5-6-8-13(12)19/h5-9H,4H2,1-3H3,(H,20,21). The predicted octanol–water partition coefficient (Wildman–Crippen LogP) is 6.06. The van der Waals surface area contributed by atoms with Crippen LogP contribution in [0.15, 0.2) is 29.6 Å². The maximum Gasteiger partial charge on any atom is 0.341 e. The fourth-order valence-corrected chi connectivity index (χ4v) is 4.44. The summed E-state index contributed by atoms with van der Waals surface area (Å²) in [6.07, 6.45) is 0. The average molecular weight is 393 g/mol. The summed E-state index contributed by atoms with van der Waals surface area (Å²) in [7, 11) is 0. The fourth-order valence-electron chi connectivity index (χ4n) is 2.38. The molecule has 0 aliphatic carbocycles. The van der Waals surface area contributed by atoms with E-state index in [0.717, 1.165) is 26.7 Å². The molecule has 1 aromatic carbocycles. The molecule has 0 saturated heterocycles. The third-order valence-corrected chi connectivity index (χ3v) is 5.95. The van der Waals surface area contributed by atoms with Crippen LogP contribution in [0.3, 0.4) is 0 Å². The maximum absolute atomic E-state index is 12.3. The molecule has 25 heavy (non-hydrogen) atoms. The van der Waals surface area contributed by atoms with Crippen LogP contribution in [0.1, 0.15) is 27.7 Å². The Kier molecular flexibility index (Phi) is 5.42. The maximum atomic E-state index is 12.3. The van der Waals surface area contributed by atoms with Crippen molar-refractivity contribution < 1.29 is 9.53 Å². The number of nitrogens with zero attached hydrogens (tertiary/aromatic N) is 1.